The SMILES string of the molecule is O=C1c2cccnc2Sc2c(cnn(C3CCCCO3)c2=O)N1c1ccccc1. The monoisotopic (exact) mass is 406 g/mol. The fraction of sp³-hybridized carbons (Fsp3) is 0.238. The molecule has 2 aromatic heterocycles. The lowest BCUT2D eigenvalue weighted by Crippen LogP contribution is -2.34. The number of benzene rings is 1. The topological polar surface area (TPSA) is 77.3 Å². The van der Waals surface area contributed by atoms with Crippen LogP contribution < -0.4 is 10.5 Å². The number of aromatic nitrogens is 3. The van der Waals surface area contributed by atoms with Gasteiger partial charge in [0.1, 0.15) is 9.92 Å². The fourth-order valence-corrected chi connectivity index (χ4v) is 4.61. The number of hydrogen-bond donors (Lipinski definition) is 0. The molecule has 1 amide bonds. The standard InChI is InChI=1S/C21H18N4O3S/c26-20-15-9-6-11-22-19(15)29-18-16(24(20)14-7-2-1-3-8-14)13-23-25(21(18)27)17-10-4-5-12-28-17/h1-3,6-9,11,13,17H,4-5,10,12H2. The molecule has 3 aromatic rings. The van der Waals surface area contributed by atoms with Gasteiger partial charge in [-0.15, -0.1) is 0 Å². The Hall–Kier alpha value is -2.97. The third-order valence-corrected chi connectivity index (χ3v) is 6.13. The molecular formula is C21H18N4O3S. The summed E-state index contributed by atoms with van der Waals surface area (Å²) in [4.78, 5) is 33.1. The van der Waals surface area contributed by atoms with Gasteiger partial charge >= 0.3 is 0 Å². The molecule has 2 aliphatic heterocycles. The van der Waals surface area contributed by atoms with Crippen molar-refractivity contribution in [3.05, 3.63) is 70.8 Å². The summed E-state index contributed by atoms with van der Waals surface area (Å²) in [6, 6.07) is 12.7. The van der Waals surface area contributed by atoms with Gasteiger partial charge in [-0.2, -0.15) is 9.78 Å². The van der Waals surface area contributed by atoms with Crippen LogP contribution in [0, 0.1) is 0 Å². The van der Waals surface area contributed by atoms with Gasteiger partial charge in [0.25, 0.3) is 11.5 Å². The van der Waals surface area contributed by atoms with Gasteiger partial charge in [-0.3, -0.25) is 14.5 Å². The Morgan fingerprint density at radius 3 is 2.72 bits per heavy atom. The van der Waals surface area contributed by atoms with Crippen molar-refractivity contribution in [3.63, 3.8) is 0 Å². The molecule has 0 saturated carbocycles. The average molecular weight is 406 g/mol. The molecule has 4 heterocycles. The van der Waals surface area contributed by atoms with Crippen molar-refractivity contribution in [2.24, 2.45) is 0 Å². The van der Waals surface area contributed by atoms with Gasteiger partial charge in [0.15, 0.2) is 6.23 Å². The maximum Gasteiger partial charge on any atom is 0.285 e. The van der Waals surface area contributed by atoms with Gasteiger partial charge < -0.3 is 4.74 Å². The van der Waals surface area contributed by atoms with E-state index < -0.39 is 0 Å². The number of amides is 1. The van der Waals surface area contributed by atoms with Crippen molar-refractivity contribution < 1.29 is 9.53 Å². The molecule has 8 heteroatoms. The molecule has 1 saturated heterocycles. The highest BCUT2D eigenvalue weighted by Crippen LogP contribution is 2.41. The van der Waals surface area contributed by atoms with E-state index in [-0.39, 0.29) is 17.7 Å². The molecule has 0 radical (unpaired) electrons. The molecule has 0 bridgehead atoms. The van der Waals surface area contributed by atoms with Crippen LogP contribution in [0.15, 0.2) is 69.6 Å². The van der Waals surface area contributed by atoms with E-state index in [1.807, 2.05) is 30.3 Å². The highest BCUT2D eigenvalue weighted by atomic mass is 32.2. The van der Waals surface area contributed by atoms with Crippen molar-refractivity contribution in [1.29, 1.82) is 0 Å². The Morgan fingerprint density at radius 2 is 1.93 bits per heavy atom. The molecule has 29 heavy (non-hydrogen) atoms. The maximum absolute atomic E-state index is 13.4. The normalized spacial score (nSPS) is 18.7. The summed E-state index contributed by atoms with van der Waals surface area (Å²) in [5.41, 5.74) is 1.31. The maximum atomic E-state index is 13.4. The number of hydrogen-bond acceptors (Lipinski definition) is 6. The van der Waals surface area contributed by atoms with Crippen LogP contribution in [0.5, 0.6) is 0 Å². The van der Waals surface area contributed by atoms with Gasteiger partial charge in [0.2, 0.25) is 0 Å². The van der Waals surface area contributed by atoms with Crippen LogP contribution >= 0.6 is 11.8 Å². The molecule has 1 atom stereocenters. The number of nitrogens with zero attached hydrogens (tertiary/aromatic N) is 4. The largest absolute Gasteiger partial charge is 0.356 e. The summed E-state index contributed by atoms with van der Waals surface area (Å²) in [5, 5.41) is 4.89. The number of pyridine rings is 1. The molecule has 5 rings (SSSR count). The summed E-state index contributed by atoms with van der Waals surface area (Å²) in [6.45, 7) is 0.613. The smallest absolute Gasteiger partial charge is 0.285 e. The van der Waals surface area contributed by atoms with Crippen molar-refractivity contribution in [1.82, 2.24) is 14.8 Å². The molecular weight excluding hydrogens is 388 g/mol. The summed E-state index contributed by atoms with van der Waals surface area (Å²) >= 11 is 1.21. The minimum absolute atomic E-state index is 0.238. The summed E-state index contributed by atoms with van der Waals surface area (Å²) in [5.74, 6) is -0.238. The van der Waals surface area contributed by atoms with Gasteiger partial charge in [0, 0.05) is 18.5 Å². The number of ether oxygens (including phenoxy) is 1. The van der Waals surface area contributed by atoms with Crippen LogP contribution in [0.3, 0.4) is 0 Å². The van der Waals surface area contributed by atoms with Gasteiger partial charge in [-0.05, 0) is 43.5 Å². The lowest BCUT2D eigenvalue weighted by molar-refractivity contribution is -0.0429. The lowest BCUT2D eigenvalue weighted by Gasteiger charge is -2.26. The van der Waals surface area contributed by atoms with Gasteiger partial charge in [-0.1, -0.05) is 30.0 Å². The Morgan fingerprint density at radius 1 is 1.07 bits per heavy atom. The van der Waals surface area contributed by atoms with Crippen LogP contribution in [0.4, 0.5) is 11.4 Å². The van der Waals surface area contributed by atoms with E-state index in [4.69, 9.17) is 4.74 Å². The second-order valence-electron chi connectivity index (χ2n) is 6.86. The van der Waals surface area contributed by atoms with Crippen LogP contribution in [0.2, 0.25) is 0 Å². The quantitative estimate of drug-likeness (QED) is 0.645. The highest BCUT2D eigenvalue weighted by Gasteiger charge is 2.32. The average Bonchev–Trinajstić information content (AvgIpc) is 2.90. The van der Waals surface area contributed by atoms with Crippen LogP contribution in [0.1, 0.15) is 35.8 Å². The number of anilines is 2. The minimum atomic E-state index is -0.380. The summed E-state index contributed by atoms with van der Waals surface area (Å²) < 4.78 is 7.16. The van der Waals surface area contributed by atoms with E-state index in [1.165, 1.54) is 21.3 Å². The van der Waals surface area contributed by atoms with E-state index >= 15 is 0 Å². The Kier molecular flexibility index (Phi) is 4.65. The zero-order valence-electron chi connectivity index (χ0n) is 15.5. The van der Waals surface area contributed by atoms with Crippen LogP contribution in [0.25, 0.3) is 0 Å². The predicted octanol–water partition coefficient (Wildman–Crippen LogP) is 3.78. The molecule has 1 fully saturated rings. The Bertz CT molecular complexity index is 1130. The van der Waals surface area contributed by atoms with E-state index in [0.717, 1.165) is 19.3 Å². The van der Waals surface area contributed by atoms with Gasteiger partial charge in [-0.25, -0.2) is 4.98 Å². The van der Waals surface area contributed by atoms with E-state index in [1.54, 1.807) is 24.5 Å². The molecule has 1 aromatic carbocycles. The molecule has 0 spiro atoms. The van der Waals surface area contributed by atoms with E-state index in [0.29, 0.717) is 33.5 Å². The lowest BCUT2D eigenvalue weighted by atomic mass is 10.2. The zero-order valence-corrected chi connectivity index (χ0v) is 16.3. The van der Waals surface area contributed by atoms with Gasteiger partial charge in [0.05, 0.1) is 17.4 Å². The summed E-state index contributed by atoms with van der Waals surface area (Å²) in [7, 11) is 0. The number of para-hydroxylation sites is 1. The Balaban J connectivity index is 1.72. The number of carbonyl (C=O) groups is 1. The van der Waals surface area contributed by atoms with E-state index in [9.17, 15) is 9.59 Å². The number of rotatable bonds is 2. The van der Waals surface area contributed by atoms with Crippen molar-refractivity contribution >= 4 is 29.0 Å². The predicted molar refractivity (Wildman–Crippen MR) is 109 cm³/mol. The molecule has 0 N–H and O–H groups in total. The zero-order chi connectivity index (χ0) is 19.8. The molecule has 1 unspecified atom stereocenters. The first-order valence-electron chi connectivity index (χ1n) is 9.50. The first-order chi connectivity index (χ1) is 14.2. The van der Waals surface area contributed by atoms with Crippen molar-refractivity contribution in [3.8, 4) is 0 Å². The van der Waals surface area contributed by atoms with Crippen molar-refractivity contribution in [2.75, 3.05) is 11.5 Å². The third kappa shape index (κ3) is 3.14. The highest BCUT2D eigenvalue weighted by molar-refractivity contribution is 7.99. The first kappa shape index (κ1) is 18.1. The van der Waals surface area contributed by atoms with Crippen LogP contribution in [-0.4, -0.2) is 27.3 Å². The van der Waals surface area contributed by atoms with Crippen molar-refractivity contribution in [2.45, 2.75) is 35.4 Å². The molecule has 7 nitrogen and oxygen atoms in total. The second kappa shape index (κ2) is 7.46. The Labute approximate surface area is 171 Å². The summed E-state index contributed by atoms with van der Waals surface area (Å²) in [6.07, 6.45) is 5.54. The molecule has 2 aliphatic rings. The van der Waals surface area contributed by atoms with E-state index in [2.05, 4.69) is 10.1 Å². The number of carbonyl (C=O) groups excluding carboxylic acids is 1. The third-order valence-electron chi connectivity index (χ3n) is 5.03. The fourth-order valence-electron chi connectivity index (χ4n) is 3.61. The molecule has 0 aliphatic carbocycles. The molecule has 146 valence electrons. The second-order valence-corrected chi connectivity index (χ2v) is 7.86. The first-order valence-corrected chi connectivity index (χ1v) is 10.3. The number of fused-ring (bicyclic) bond motifs is 2. The minimum Gasteiger partial charge on any atom is -0.356 e. The van der Waals surface area contributed by atoms with Crippen LogP contribution in [-0.2, 0) is 4.74 Å².